The van der Waals surface area contributed by atoms with Crippen LogP contribution in [0.1, 0.15) is 30.6 Å². The van der Waals surface area contributed by atoms with Crippen LogP contribution in [-0.4, -0.2) is 32.3 Å². The zero-order chi connectivity index (χ0) is 18.9. The number of carbonyl (C=O) groups excluding carboxylic acids is 1. The number of anilines is 1. The Kier molecular flexibility index (Phi) is 7.94. The van der Waals surface area contributed by atoms with Crippen molar-refractivity contribution in [2.75, 3.05) is 25.6 Å². The Labute approximate surface area is 162 Å². The van der Waals surface area contributed by atoms with E-state index in [1.54, 1.807) is 25.3 Å². The number of halogens is 1. The van der Waals surface area contributed by atoms with Gasteiger partial charge in [0.15, 0.2) is 0 Å². The number of methoxy groups -OCH3 is 1. The number of rotatable bonds is 9. The highest BCUT2D eigenvalue weighted by atomic mass is 79.9. The molecule has 1 atom stereocenters. The first-order valence-electron chi connectivity index (χ1n) is 8.52. The molecule has 0 aromatic heterocycles. The molecular weight excluding hydrogens is 398 g/mol. The van der Waals surface area contributed by atoms with Crippen molar-refractivity contribution in [1.29, 1.82) is 0 Å². The smallest absolute Gasteiger partial charge is 0.255 e. The van der Waals surface area contributed by atoms with Crippen LogP contribution in [0, 0.1) is 0 Å². The van der Waals surface area contributed by atoms with Crippen LogP contribution in [0.2, 0.25) is 0 Å². The van der Waals surface area contributed by atoms with Crippen molar-refractivity contribution in [2.24, 2.45) is 0 Å². The Balaban J connectivity index is 1.97. The van der Waals surface area contributed by atoms with Gasteiger partial charge in [0.25, 0.3) is 5.91 Å². The average molecular weight is 422 g/mol. The number of carbonyl (C=O) groups is 1. The largest absolute Gasteiger partial charge is 0.491 e. The maximum Gasteiger partial charge on any atom is 0.255 e. The normalized spacial score (nSPS) is 11.7. The molecule has 1 unspecified atom stereocenters. The number of benzene rings is 2. The lowest BCUT2D eigenvalue weighted by molar-refractivity contribution is 0.102. The van der Waals surface area contributed by atoms with Crippen molar-refractivity contribution in [3.05, 3.63) is 52.5 Å². The molecule has 2 aromatic carbocycles. The number of hydrogen-bond donors (Lipinski definition) is 1. The fraction of sp³-hybridized carbons (Fsp3) is 0.350. The second-order valence-corrected chi connectivity index (χ2v) is 6.66. The van der Waals surface area contributed by atoms with Gasteiger partial charge in [-0.15, -0.1) is 0 Å². The fourth-order valence-electron chi connectivity index (χ4n) is 2.13. The van der Waals surface area contributed by atoms with Gasteiger partial charge in [-0.2, -0.15) is 0 Å². The second-order valence-electron chi connectivity index (χ2n) is 5.80. The summed E-state index contributed by atoms with van der Waals surface area (Å²) in [5, 5.41) is 2.88. The molecule has 0 spiro atoms. The zero-order valence-corrected chi connectivity index (χ0v) is 16.8. The highest BCUT2D eigenvalue weighted by Crippen LogP contribution is 2.26. The lowest BCUT2D eigenvalue weighted by Gasteiger charge is -2.13. The maximum absolute atomic E-state index is 12.4. The minimum Gasteiger partial charge on any atom is -0.491 e. The van der Waals surface area contributed by atoms with Crippen LogP contribution in [-0.2, 0) is 4.74 Å². The number of hydrogen-bond acceptors (Lipinski definition) is 4. The van der Waals surface area contributed by atoms with Crippen LogP contribution in [0.15, 0.2) is 46.9 Å². The summed E-state index contributed by atoms with van der Waals surface area (Å²) in [5.41, 5.74) is 1.25. The van der Waals surface area contributed by atoms with Crippen molar-refractivity contribution in [3.8, 4) is 11.5 Å². The minimum atomic E-state index is -0.190. The summed E-state index contributed by atoms with van der Waals surface area (Å²) in [6.45, 7) is 5.05. The summed E-state index contributed by atoms with van der Waals surface area (Å²) in [6, 6.07) is 12.6. The molecule has 0 aliphatic carbocycles. The molecule has 1 N–H and O–H groups in total. The Bertz CT molecular complexity index is 718. The van der Waals surface area contributed by atoms with Gasteiger partial charge in [-0.3, -0.25) is 4.79 Å². The van der Waals surface area contributed by atoms with Crippen molar-refractivity contribution < 1.29 is 19.0 Å². The second kappa shape index (κ2) is 10.2. The van der Waals surface area contributed by atoms with Gasteiger partial charge < -0.3 is 19.5 Å². The number of ether oxygens (including phenoxy) is 3. The Morgan fingerprint density at radius 2 is 1.88 bits per heavy atom. The highest BCUT2D eigenvalue weighted by Gasteiger charge is 2.10. The van der Waals surface area contributed by atoms with E-state index in [1.165, 1.54) is 0 Å². The van der Waals surface area contributed by atoms with Gasteiger partial charge in [0.2, 0.25) is 0 Å². The van der Waals surface area contributed by atoms with Gasteiger partial charge in [0.1, 0.15) is 18.1 Å². The summed E-state index contributed by atoms with van der Waals surface area (Å²) < 4.78 is 17.0. The predicted octanol–water partition coefficient (Wildman–Crippen LogP) is 4.90. The van der Waals surface area contributed by atoms with Crippen LogP contribution in [0.25, 0.3) is 0 Å². The lowest BCUT2D eigenvalue weighted by atomic mass is 10.2. The van der Waals surface area contributed by atoms with E-state index >= 15 is 0 Å². The third kappa shape index (κ3) is 6.04. The van der Waals surface area contributed by atoms with Gasteiger partial charge in [-0.05, 0) is 71.7 Å². The van der Waals surface area contributed by atoms with E-state index in [0.717, 1.165) is 16.6 Å². The molecule has 2 rings (SSSR count). The third-order valence-corrected chi connectivity index (χ3v) is 4.38. The standard InChI is InChI=1S/C20H24BrNO4/c1-4-14(2)26-17-8-6-16(7-9-17)22-20(23)15-5-10-19(18(21)13-15)25-12-11-24-3/h5-10,13-14H,4,11-12H2,1-3H3,(H,22,23). The SMILES string of the molecule is CCC(C)Oc1ccc(NC(=O)c2ccc(OCCOC)c(Br)c2)cc1. The van der Waals surface area contributed by atoms with Crippen molar-refractivity contribution in [2.45, 2.75) is 26.4 Å². The minimum absolute atomic E-state index is 0.164. The summed E-state index contributed by atoms with van der Waals surface area (Å²) in [5.74, 6) is 1.27. The van der Waals surface area contributed by atoms with Crippen LogP contribution in [0.4, 0.5) is 5.69 Å². The molecule has 5 nitrogen and oxygen atoms in total. The molecule has 0 heterocycles. The van der Waals surface area contributed by atoms with Crippen LogP contribution < -0.4 is 14.8 Å². The summed E-state index contributed by atoms with van der Waals surface area (Å²) >= 11 is 3.43. The van der Waals surface area contributed by atoms with Crippen LogP contribution in [0.3, 0.4) is 0 Å². The van der Waals surface area contributed by atoms with Gasteiger partial charge in [-0.1, -0.05) is 6.92 Å². The maximum atomic E-state index is 12.4. The van der Waals surface area contributed by atoms with Gasteiger partial charge >= 0.3 is 0 Å². The molecule has 2 aromatic rings. The molecule has 0 saturated heterocycles. The quantitative estimate of drug-likeness (QED) is 0.584. The van der Waals surface area contributed by atoms with Crippen LogP contribution in [0.5, 0.6) is 11.5 Å². The van der Waals surface area contributed by atoms with Gasteiger partial charge in [0.05, 0.1) is 17.2 Å². The van der Waals surface area contributed by atoms with E-state index in [9.17, 15) is 4.79 Å². The molecule has 26 heavy (non-hydrogen) atoms. The lowest BCUT2D eigenvalue weighted by Crippen LogP contribution is -2.13. The average Bonchev–Trinajstić information content (AvgIpc) is 2.64. The molecule has 0 bridgehead atoms. The first-order valence-corrected chi connectivity index (χ1v) is 9.32. The molecular formula is C20H24BrNO4. The van der Waals surface area contributed by atoms with E-state index in [-0.39, 0.29) is 12.0 Å². The Hall–Kier alpha value is -2.05. The van der Waals surface area contributed by atoms with Crippen molar-refractivity contribution >= 4 is 27.5 Å². The summed E-state index contributed by atoms with van der Waals surface area (Å²) in [7, 11) is 1.62. The number of nitrogens with one attached hydrogen (secondary N) is 1. The topological polar surface area (TPSA) is 56.8 Å². The molecule has 0 fully saturated rings. The molecule has 140 valence electrons. The summed E-state index contributed by atoms with van der Waals surface area (Å²) in [6.07, 6.45) is 1.11. The van der Waals surface area contributed by atoms with E-state index in [4.69, 9.17) is 14.2 Å². The van der Waals surface area contributed by atoms with Gasteiger partial charge in [-0.25, -0.2) is 0 Å². The van der Waals surface area contributed by atoms with Crippen LogP contribution >= 0.6 is 15.9 Å². The van der Waals surface area contributed by atoms with Crippen molar-refractivity contribution in [3.63, 3.8) is 0 Å². The monoisotopic (exact) mass is 421 g/mol. The third-order valence-electron chi connectivity index (χ3n) is 3.76. The first-order chi connectivity index (χ1) is 12.5. The Morgan fingerprint density at radius 3 is 2.50 bits per heavy atom. The molecule has 0 aliphatic heterocycles. The van der Waals surface area contributed by atoms with E-state index in [2.05, 4.69) is 28.2 Å². The van der Waals surface area contributed by atoms with E-state index in [1.807, 2.05) is 31.2 Å². The first kappa shape index (κ1) is 20.3. The molecule has 6 heteroatoms. The highest BCUT2D eigenvalue weighted by molar-refractivity contribution is 9.10. The zero-order valence-electron chi connectivity index (χ0n) is 15.3. The van der Waals surface area contributed by atoms with E-state index in [0.29, 0.717) is 30.2 Å². The molecule has 0 saturated carbocycles. The molecule has 1 amide bonds. The molecule has 0 aliphatic rings. The van der Waals surface area contributed by atoms with Gasteiger partial charge in [0, 0.05) is 18.4 Å². The van der Waals surface area contributed by atoms with E-state index < -0.39 is 0 Å². The predicted molar refractivity (Wildman–Crippen MR) is 106 cm³/mol. The number of amides is 1. The summed E-state index contributed by atoms with van der Waals surface area (Å²) in [4.78, 5) is 12.4. The fourth-order valence-corrected chi connectivity index (χ4v) is 2.62. The van der Waals surface area contributed by atoms with Crippen molar-refractivity contribution in [1.82, 2.24) is 0 Å². The Morgan fingerprint density at radius 1 is 1.15 bits per heavy atom. The molecule has 0 radical (unpaired) electrons.